The fourth-order valence-corrected chi connectivity index (χ4v) is 4.64. The molecule has 128 valence electrons. The van der Waals surface area contributed by atoms with Gasteiger partial charge in [0.15, 0.2) is 0 Å². The molecule has 1 aliphatic heterocycles. The molecular formula is C19H17NO4S. The molecular weight excluding hydrogens is 338 g/mol. The van der Waals surface area contributed by atoms with Crippen molar-refractivity contribution in [2.75, 3.05) is 18.2 Å². The van der Waals surface area contributed by atoms with Crippen molar-refractivity contribution >= 4 is 23.8 Å². The maximum Gasteiger partial charge on any atom is 0.411 e. The standard InChI is InChI=1S/C19H17NO4S/c21-18(22)17-10-25-11-20(17)19(23)24-9-16-14-7-3-1-5-12(14)13-6-2-4-8-15(13)16/h1-8,16-17H,9-11H2,(H,21,22)/t17-/m1/s1. The number of ether oxygens (including phenoxy) is 1. The summed E-state index contributed by atoms with van der Waals surface area (Å²) in [5, 5.41) is 9.21. The molecule has 1 atom stereocenters. The van der Waals surface area contributed by atoms with E-state index in [2.05, 4.69) is 24.3 Å². The smallest absolute Gasteiger partial charge is 0.411 e. The van der Waals surface area contributed by atoms with Crippen LogP contribution in [0, 0.1) is 0 Å². The highest BCUT2D eigenvalue weighted by Gasteiger charge is 2.36. The summed E-state index contributed by atoms with van der Waals surface area (Å²) in [7, 11) is 0. The molecule has 25 heavy (non-hydrogen) atoms. The zero-order valence-corrected chi connectivity index (χ0v) is 14.2. The van der Waals surface area contributed by atoms with Gasteiger partial charge in [0.1, 0.15) is 12.6 Å². The van der Waals surface area contributed by atoms with E-state index in [1.54, 1.807) is 0 Å². The van der Waals surface area contributed by atoms with Crippen LogP contribution >= 0.6 is 11.8 Å². The second-order valence-corrected chi connectivity index (χ2v) is 7.13. The first-order valence-electron chi connectivity index (χ1n) is 8.09. The number of rotatable bonds is 3. The number of thioether (sulfide) groups is 1. The van der Waals surface area contributed by atoms with Crippen molar-refractivity contribution in [2.45, 2.75) is 12.0 Å². The van der Waals surface area contributed by atoms with E-state index < -0.39 is 18.1 Å². The molecule has 1 fully saturated rings. The Kier molecular flexibility index (Phi) is 4.13. The largest absolute Gasteiger partial charge is 0.480 e. The predicted octanol–water partition coefficient (Wildman–Crippen LogP) is 3.40. The van der Waals surface area contributed by atoms with Gasteiger partial charge in [-0.2, -0.15) is 0 Å². The van der Waals surface area contributed by atoms with E-state index in [1.165, 1.54) is 27.8 Å². The molecule has 1 aliphatic carbocycles. The van der Waals surface area contributed by atoms with E-state index in [-0.39, 0.29) is 12.5 Å². The van der Waals surface area contributed by atoms with Crippen molar-refractivity contribution in [1.29, 1.82) is 0 Å². The lowest BCUT2D eigenvalue weighted by Crippen LogP contribution is -2.42. The minimum Gasteiger partial charge on any atom is -0.480 e. The molecule has 0 saturated carbocycles. The summed E-state index contributed by atoms with van der Waals surface area (Å²) < 4.78 is 5.51. The summed E-state index contributed by atoms with van der Waals surface area (Å²) in [6.07, 6.45) is -0.556. The molecule has 0 unspecified atom stereocenters. The summed E-state index contributed by atoms with van der Waals surface area (Å²) in [5.74, 6) is -0.249. The van der Waals surface area contributed by atoms with Gasteiger partial charge in [-0.25, -0.2) is 9.59 Å². The van der Waals surface area contributed by atoms with Crippen LogP contribution in [0.25, 0.3) is 11.1 Å². The summed E-state index contributed by atoms with van der Waals surface area (Å²) in [4.78, 5) is 24.9. The van der Waals surface area contributed by atoms with Gasteiger partial charge in [0, 0.05) is 11.7 Å². The fraction of sp³-hybridized carbons (Fsp3) is 0.263. The van der Waals surface area contributed by atoms with Gasteiger partial charge in [0.25, 0.3) is 0 Å². The van der Waals surface area contributed by atoms with Gasteiger partial charge in [-0.1, -0.05) is 48.5 Å². The lowest BCUT2D eigenvalue weighted by Gasteiger charge is -2.21. The van der Waals surface area contributed by atoms with Crippen LogP contribution < -0.4 is 0 Å². The maximum atomic E-state index is 12.4. The van der Waals surface area contributed by atoms with E-state index in [0.29, 0.717) is 11.6 Å². The van der Waals surface area contributed by atoms with Gasteiger partial charge in [-0.3, -0.25) is 4.90 Å². The highest BCUT2D eigenvalue weighted by atomic mass is 32.2. The topological polar surface area (TPSA) is 66.8 Å². The van der Waals surface area contributed by atoms with Crippen LogP contribution in [-0.4, -0.2) is 46.3 Å². The molecule has 4 rings (SSSR count). The first-order valence-corrected chi connectivity index (χ1v) is 9.24. The summed E-state index contributed by atoms with van der Waals surface area (Å²) in [6.45, 7) is 0.209. The number of carbonyl (C=O) groups is 2. The molecule has 5 nitrogen and oxygen atoms in total. The van der Waals surface area contributed by atoms with Gasteiger partial charge in [-0.15, -0.1) is 11.8 Å². The number of hydrogen-bond acceptors (Lipinski definition) is 4. The molecule has 0 radical (unpaired) electrons. The monoisotopic (exact) mass is 355 g/mol. The number of fused-ring (bicyclic) bond motifs is 3. The average Bonchev–Trinajstić information content (AvgIpc) is 3.23. The number of carboxylic acids is 1. The Morgan fingerprint density at radius 2 is 1.68 bits per heavy atom. The predicted molar refractivity (Wildman–Crippen MR) is 95.7 cm³/mol. The van der Waals surface area contributed by atoms with Crippen molar-refractivity contribution in [3.63, 3.8) is 0 Å². The second-order valence-electron chi connectivity index (χ2n) is 6.13. The van der Waals surface area contributed by atoms with Gasteiger partial charge < -0.3 is 9.84 Å². The van der Waals surface area contributed by atoms with Crippen LogP contribution in [0.5, 0.6) is 0 Å². The van der Waals surface area contributed by atoms with E-state index in [0.717, 1.165) is 11.1 Å². The molecule has 2 aliphatic rings. The van der Waals surface area contributed by atoms with Crippen molar-refractivity contribution in [3.05, 3.63) is 59.7 Å². The summed E-state index contributed by atoms with van der Waals surface area (Å²) in [5.41, 5.74) is 4.61. The highest BCUT2D eigenvalue weighted by molar-refractivity contribution is 7.99. The average molecular weight is 355 g/mol. The first kappa shape index (κ1) is 16.0. The lowest BCUT2D eigenvalue weighted by atomic mass is 9.98. The molecule has 2 aromatic carbocycles. The highest BCUT2D eigenvalue weighted by Crippen LogP contribution is 2.44. The Balaban J connectivity index is 1.53. The molecule has 1 amide bonds. The van der Waals surface area contributed by atoms with E-state index in [4.69, 9.17) is 4.74 Å². The molecule has 6 heteroatoms. The third-order valence-electron chi connectivity index (χ3n) is 4.74. The van der Waals surface area contributed by atoms with Crippen LogP contribution in [0.3, 0.4) is 0 Å². The van der Waals surface area contributed by atoms with Crippen LogP contribution in [0.15, 0.2) is 48.5 Å². The molecule has 0 aromatic heterocycles. The Bertz CT molecular complexity index is 792. The Labute approximate surface area is 149 Å². The summed E-state index contributed by atoms with van der Waals surface area (Å²) in [6, 6.07) is 15.4. The van der Waals surface area contributed by atoms with Crippen LogP contribution in [0.2, 0.25) is 0 Å². The van der Waals surface area contributed by atoms with Crippen molar-refractivity contribution in [3.8, 4) is 11.1 Å². The first-order chi connectivity index (χ1) is 12.2. The fourth-order valence-electron chi connectivity index (χ4n) is 3.50. The van der Waals surface area contributed by atoms with Crippen molar-refractivity contribution in [1.82, 2.24) is 4.90 Å². The van der Waals surface area contributed by atoms with Crippen LogP contribution in [-0.2, 0) is 9.53 Å². The maximum absolute atomic E-state index is 12.4. The van der Waals surface area contributed by atoms with Gasteiger partial charge >= 0.3 is 12.1 Å². The number of aliphatic carboxylic acids is 1. The molecule has 2 aromatic rings. The Morgan fingerprint density at radius 1 is 1.08 bits per heavy atom. The number of carboxylic acid groups (broad SMARTS) is 1. The Morgan fingerprint density at radius 3 is 2.28 bits per heavy atom. The molecule has 1 heterocycles. The third kappa shape index (κ3) is 2.76. The van der Waals surface area contributed by atoms with E-state index in [1.807, 2.05) is 24.3 Å². The normalized spacial score (nSPS) is 18.7. The lowest BCUT2D eigenvalue weighted by molar-refractivity contribution is -0.141. The quantitative estimate of drug-likeness (QED) is 0.914. The summed E-state index contributed by atoms with van der Waals surface area (Å²) >= 11 is 1.43. The van der Waals surface area contributed by atoms with Gasteiger partial charge in [0.05, 0.1) is 5.88 Å². The number of benzene rings is 2. The molecule has 1 N–H and O–H groups in total. The number of hydrogen-bond donors (Lipinski definition) is 1. The minimum atomic E-state index is -0.987. The zero-order chi connectivity index (χ0) is 17.4. The minimum absolute atomic E-state index is 0.0186. The molecule has 0 spiro atoms. The van der Waals surface area contributed by atoms with Crippen molar-refractivity contribution < 1.29 is 19.4 Å². The van der Waals surface area contributed by atoms with Crippen molar-refractivity contribution in [2.24, 2.45) is 0 Å². The number of carbonyl (C=O) groups excluding carboxylic acids is 1. The second kappa shape index (κ2) is 6.44. The van der Waals surface area contributed by atoms with E-state index in [9.17, 15) is 14.7 Å². The molecule has 1 saturated heterocycles. The van der Waals surface area contributed by atoms with Crippen LogP contribution in [0.1, 0.15) is 17.0 Å². The van der Waals surface area contributed by atoms with Gasteiger partial charge in [0.2, 0.25) is 0 Å². The van der Waals surface area contributed by atoms with Gasteiger partial charge in [-0.05, 0) is 22.3 Å². The Hall–Kier alpha value is -2.47. The van der Waals surface area contributed by atoms with E-state index >= 15 is 0 Å². The zero-order valence-electron chi connectivity index (χ0n) is 13.4. The van der Waals surface area contributed by atoms with Crippen LogP contribution in [0.4, 0.5) is 4.79 Å². The number of amides is 1. The SMILES string of the molecule is O=C(O)[C@H]1CSCN1C(=O)OCC1c2ccccc2-c2ccccc21. The molecule has 0 bridgehead atoms. The number of nitrogens with zero attached hydrogens (tertiary/aromatic N) is 1. The third-order valence-corrected chi connectivity index (χ3v) is 5.75.